The molecule has 3 aromatic rings. The van der Waals surface area contributed by atoms with Crippen molar-refractivity contribution < 1.29 is 31.2 Å². The number of piperidine rings is 1. The molecule has 0 bridgehead atoms. The highest BCUT2D eigenvalue weighted by Gasteiger charge is 2.32. The second-order valence-corrected chi connectivity index (χ2v) is 13.7. The molecule has 1 saturated heterocycles. The number of benzene rings is 1. The van der Waals surface area contributed by atoms with Gasteiger partial charge >= 0.3 is 5.97 Å². The first-order chi connectivity index (χ1) is 17.0. The highest BCUT2D eigenvalue weighted by Crippen LogP contribution is 2.27. The average molecular weight is 573 g/mol. The van der Waals surface area contributed by atoms with E-state index in [1.54, 1.807) is 24.4 Å². The van der Waals surface area contributed by atoms with Crippen LogP contribution in [-0.4, -0.2) is 57.3 Å². The molecule has 1 aliphatic rings. The fourth-order valence-corrected chi connectivity index (χ4v) is 8.17. The van der Waals surface area contributed by atoms with Crippen LogP contribution in [0.4, 0.5) is 0 Å². The molecule has 15 heteroatoms. The lowest BCUT2D eigenvalue weighted by Gasteiger charge is -2.29. The van der Waals surface area contributed by atoms with Crippen LogP contribution >= 0.6 is 22.7 Å². The van der Waals surface area contributed by atoms with Crippen molar-refractivity contribution in [2.24, 2.45) is 16.0 Å². The first kappa shape index (κ1) is 26.6. The third-order valence-electron chi connectivity index (χ3n) is 5.67. The fraction of sp³-hybridized carbons (Fsp3) is 0.381. The maximum atomic E-state index is 13.0. The Bertz CT molecular complexity index is 1560. The number of hydrogen-bond donors (Lipinski definition) is 1. The first-order valence-electron chi connectivity index (χ1n) is 10.9. The van der Waals surface area contributed by atoms with Crippen LogP contribution in [0.15, 0.2) is 49.8 Å². The van der Waals surface area contributed by atoms with Gasteiger partial charge in [-0.3, -0.25) is 9.59 Å². The number of hydrogen-bond acceptors (Lipinski definition) is 9. The van der Waals surface area contributed by atoms with Crippen LogP contribution in [0.5, 0.6) is 0 Å². The summed E-state index contributed by atoms with van der Waals surface area (Å²) in [4.78, 5) is 29.6. The molecule has 2 N–H and O–H groups in total. The summed E-state index contributed by atoms with van der Waals surface area (Å²) in [6.07, 6.45) is 0.622. The smallest absolute Gasteiger partial charge is 0.326 e. The van der Waals surface area contributed by atoms with Crippen molar-refractivity contribution in [3.63, 3.8) is 0 Å². The van der Waals surface area contributed by atoms with E-state index in [9.17, 15) is 26.4 Å². The summed E-state index contributed by atoms with van der Waals surface area (Å²) in [5.41, 5.74) is 0.504. The van der Waals surface area contributed by atoms with E-state index < -0.39 is 37.8 Å². The van der Waals surface area contributed by atoms with E-state index in [2.05, 4.69) is 4.99 Å². The lowest BCUT2D eigenvalue weighted by atomic mass is 9.98. The van der Waals surface area contributed by atoms with Gasteiger partial charge in [-0.05, 0) is 49.4 Å². The second kappa shape index (κ2) is 10.5. The minimum absolute atomic E-state index is 0.100. The van der Waals surface area contributed by atoms with E-state index in [4.69, 9.17) is 9.88 Å². The Morgan fingerprint density at radius 2 is 1.89 bits per heavy atom. The normalized spacial score (nSPS) is 16.4. The minimum atomic E-state index is -3.95. The number of carbonyl (C=O) groups excluding carboxylic acids is 2. The van der Waals surface area contributed by atoms with Gasteiger partial charge in [0.25, 0.3) is 15.9 Å². The van der Waals surface area contributed by atoms with Crippen LogP contribution < -0.4 is 9.94 Å². The van der Waals surface area contributed by atoms with Crippen molar-refractivity contribution in [3.05, 3.63) is 40.5 Å². The topological polar surface area (TPSA) is 158 Å². The fourth-order valence-electron chi connectivity index (χ4n) is 3.87. The number of amides is 1. The standard InChI is InChI=1S/C21H24N4O7S4/c1-2-32-18(26)13-25-16-6-5-15(35(22,28)29)12-17(16)34-21(25)23-20(27)14-7-9-24(10-8-14)36(30,31)19-4-3-11-33-19/h3-6,11-12,14H,2,7-10,13H2,1H3,(H2,22,28,29). The zero-order valence-electron chi connectivity index (χ0n) is 19.2. The van der Waals surface area contributed by atoms with E-state index >= 15 is 0 Å². The number of sulfonamides is 2. The highest BCUT2D eigenvalue weighted by atomic mass is 32.2. The average Bonchev–Trinajstić information content (AvgIpc) is 3.48. The van der Waals surface area contributed by atoms with Crippen LogP contribution in [0.1, 0.15) is 19.8 Å². The molecule has 1 amide bonds. The number of fused-ring (bicyclic) bond motifs is 1. The number of nitrogens with zero attached hydrogens (tertiary/aromatic N) is 3. The molecule has 0 aliphatic carbocycles. The van der Waals surface area contributed by atoms with Crippen LogP contribution in [0, 0.1) is 5.92 Å². The molecule has 3 heterocycles. The SMILES string of the molecule is CCOC(=O)Cn1c(=NC(=O)C2CCN(S(=O)(=O)c3cccs3)CC2)sc2cc(S(N)(=O)=O)ccc21. The number of ether oxygens (including phenoxy) is 1. The maximum absolute atomic E-state index is 13.0. The van der Waals surface area contributed by atoms with E-state index in [-0.39, 0.29) is 40.1 Å². The number of nitrogens with two attached hydrogens (primary N) is 1. The van der Waals surface area contributed by atoms with Crippen LogP contribution in [0.3, 0.4) is 0 Å². The summed E-state index contributed by atoms with van der Waals surface area (Å²) >= 11 is 2.20. The molecule has 2 aromatic heterocycles. The molecule has 4 rings (SSSR count). The van der Waals surface area contributed by atoms with E-state index in [0.29, 0.717) is 23.1 Å². The molecule has 0 atom stereocenters. The summed E-state index contributed by atoms with van der Waals surface area (Å²) in [6, 6.07) is 7.42. The lowest BCUT2D eigenvalue weighted by Crippen LogP contribution is -2.40. The van der Waals surface area contributed by atoms with Gasteiger partial charge in [-0.1, -0.05) is 17.4 Å². The molecule has 11 nitrogen and oxygen atoms in total. The number of primary sulfonamides is 1. The summed E-state index contributed by atoms with van der Waals surface area (Å²) in [5.74, 6) is -1.45. The summed E-state index contributed by atoms with van der Waals surface area (Å²) in [6.45, 7) is 2.02. The molecule has 36 heavy (non-hydrogen) atoms. The van der Waals surface area contributed by atoms with Gasteiger partial charge in [0.2, 0.25) is 10.0 Å². The summed E-state index contributed by atoms with van der Waals surface area (Å²) < 4.78 is 57.7. The van der Waals surface area contributed by atoms with Gasteiger partial charge in [0.05, 0.1) is 21.7 Å². The Hall–Kier alpha value is -2.43. The van der Waals surface area contributed by atoms with Crippen molar-refractivity contribution >= 4 is 64.8 Å². The van der Waals surface area contributed by atoms with Crippen molar-refractivity contribution in [2.45, 2.75) is 35.4 Å². The molecular formula is C21H24N4O7S4. The van der Waals surface area contributed by atoms with Gasteiger partial charge in [0.1, 0.15) is 10.8 Å². The van der Waals surface area contributed by atoms with Crippen LogP contribution in [0.2, 0.25) is 0 Å². The van der Waals surface area contributed by atoms with Gasteiger partial charge in [0, 0.05) is 19.0 Å². The first-order valence-corrected chi connectivity index (χ1v) is 15.6. The summed E-state index contributed by atoms with van der Waals surface area (Å²) in [5, 5.41) is 6.94. The van der Waals surface area contributed by atoms with Crippen LogP contribution in [0.25, 0.3) is 10.2 Å². The molecule has 0 saturated carbocycles. The molecular weight excluding hydrogens is 549 g/mol. The predicted molar refractivity (Wildman–Crippen MR) is 134 cm³/mol. The van der Waals surface area contributed by atoms with E-state index in [1.807, 2.05) is 0 Å². The number of aromatic nitrogens is 1. The van der Waals surface area contributed by atoms with Gasteiger partial charge in [-0.15, -0.1) is 11.3 Å². The van der Waals surface area contributed by atoms with Gasteiger partial charge in [0.15, 0.2) is 4.80 Å². The Labute approximate surface area is 215 Å². The third-order valence-corrected chi connectivity index (χ3v) is 10.9. The second-order valence-electron chi connectivity index (χ2n) is 8.01. The molecule has 0 spiro atoms. The lowest BCUT2D eigenvalue weighted by molar-refractivity contribution is -0.143. The Kier molecular flexibility index (Phi) is 7.78. The largest absolute Gasteiger partial charge is 0.465 e. The third kappa shape index (κ3) is 5.60. The Balaban J connectivity index is 1.62. The molecule has 0 unspecified atom stereocenters. The summed E-state index contributed by atoms with van der Waals surface area (Å²) in [7, 11) is -7.54. The number of carbonyl (C=O) groups is 2. The molecule has 1 aromatic carbocycles. The minimum Gasteiger partial charge on any atom is -0.465 e. The van der Waals surface area contributed by atoms with Crippen LogP contribution in [-0.2, 0) is 40.9 Å². The van der Waals surface area contributed by atoms with Crippen molar-refractivity contribution in [1.29, 1.82) is 0 Å². The van der Waals surface area contributed by atoms with E-state index in [1.165, 1.54) is 27.1 Å². The molecule has 194 valence electrons. The van der Waals surface area contributed by atoms with Gasteiger partial charge in [-0.25, -0.2) is 22.0 Å². The maximum Gasteiger partial charge on any atom is 0.326 e. The van der Waals surface area contributed by atoms with Crippen molar-refractivity contribution in [1.82, 2.24) is 8.87 Å². The molecule has 1 fully saturated rings. The number of esters is 1. The van der Waals surface area contributed by atoms with E-state index in [0.717, 1.165) is 22.7 Å². The quantitative estimate of drug-likeness (QED) is 0.420. The Morgan fingerprint density at radius 1 is 1.17 bits per heavy atom. The predicted octanol–water partition coefficient (Wildman–Crippen LogP) is 1.50. The molecule has 0 radical (unpaired) electrons. The highest BCUT2D eigenvalue weighted by molar-refractivity contribution is 7.91. The molecule has 1 aliphatic heterocycles. The van der Waals surface area contributed by atoms with Crippen molar-refractivity contribution in [2.75, 3.05) is 19.7 Å². The van der Waals surface area contributed by atoms with Gasteiger partial charge in [-0.2, -0.15) is 9.30 Å². The zero-order valence-corrected chi connectivity index (χ0v) is 22.5. The zero-order chi connectivity index (χ0) is 26.1. The monoisotopic (exact) mass is 572 g/mol. The Morgan fingerprint density at radius 3 is 2.50 bits per heavy atom. The number of rotatable bonds is 7. The van der Waals surface area contributed by atoms with Gasteiger partial charge < -0.3 is 9.30 Å². The van der Waals surface area contributed by atoms with Crippen molar-refractivity contribution in [3.8, 4) is 0 Å². The number of thiazole rings is 1. The number of thiophene rings is 1.